The van der Waals surface area contributed by atoms with E-state index in [0.29, 0.717) is 26.2 Å². The van der Waals surface area contributed by atoms with E-state index >= 15 is 0 Å². The molecule has 4 rings (SSSR count). The number of aryl methyl sites for hydroxylation is 2. The van der Waals surface area contributed by atoms with E-state index in [1.54, 1.807) is 6.20 Å². The molecule has 6 heteroatoms. The van der Waals surface area contributed by atoms with Crippen molar-refractivity contribution in [2.75, 3.05) is 19.7 Å². The molecule has 146 valence electrons. The highest BCUT2D eigenvalue weighted by molar-refractivity contribution is 6.06. The van der Waals surface area contributed by atoms with Crippen LogP contribution in [0.3, 0.4) is 0 Å². The number of fused-ring (bicyclic) bond motifs is 1. The molecular formula is C22H26N4O2. The monoisotopic (exact) mass is 378 g/mol. The van der Waals surface area contributed by atoms with Crippen LogP contribution in [0.25, 0.3) is 10.9 Å². The van der Waals surface area contributed by atoms with Crippen molar-refractivity contribution in [1.29, 1.82) is 0 Å². The van der Waals surface area contributed by atoms with E-state index in [2.05, 4.69) is 29.1 Å². The first-order chi connectivity index (χ1) is 13.6. The molecule has 1 amide bonds. The Hall–Kier alpha value is -2.73. The zero-order chi connectivity index (χ0) is 19.5. The van der Waals surface area contributed by atoms with Crippen LogP contribution in [0.15, 0.2) is 42.7 Å². The molecule has 3 heterocycles. The van der Waals surface area contributed by atoms with E-state index in [4.69, 9.17) is 4.74 Å². The van der Waals surface area contributed by atoms with Gasteiger partial charge in [0.2, 0.25) is 0 Å². The Bertz CT molecular complexity index is 968. The Morgan fingerprint density at radius 2 is 2.21 bits per heavy atom. The molecule has 3 aromatic rings. The average molecular weight is 378 g/mol. The molecule has 0 aliphatic carbocycles. The van der Waals surface area contributed by atoms with Gasteiger partial charge < -0.3 is 9.64 Å². The van der Waals surface area contributed by atoms with Crippen molar-refractivity contribution in [3.8, 4) is 0 Å². The summed E-state index contributed by atoms with van der Waals surface area (Å²) in [6.45, 7) is 6.63. The van der Waals surface area contributed by atoms with Crippen LogP contribution in [0.1, 0.15) is 35.0 Å². The highest BCUT2D eigenvalue weighted by Crippen LogP contribution is 2.23. The summed E-state index contributed by atoms with van der Waals surface area (Å²) in [7, 11) is 0. The predicted molar refractivity (Wildman–Crippen MR) is 108 cm³/mol. The summed E-state index contributed by atoms with van der Waals surface area (Å²) in [6, 6.07) is 10.0. The van der Waals surface area contributed by atoms with Crippen LogP contribution in [0.4, 0.5) is 0 Å². The Labute approximate surface area is 165 Å². The van der Waals surface area contributed by atoms with Gasteiger partial charge in [-0.1, -0.05) is 13.0 Å². The molecule has 2 aromatic heterocycles. The molecule has 1 fully saturated rings. The second-order valence-corrected chi connectivity index (χ2v) is 7.34. The number of nitrogens with zero attached hydrogens (tertiary/aromatic N) is 4. The minimum atomic E-state index is -0.0632. The highest BCUT2D eigenvalue weighted by atomic mass is 16.5. The zero-order valence-electron chi connectivity index (χ0n) is 16.5. The molecular weight excluding hydrogens is 352 g/mol. The maximum Gasteiger partial charge on any atom is 0.254 e. The van der Waals surface area contributed by atoms with Crippen LogP contribution in [0.5, 0.6) is 0 Å². The smallest absolute Gasteiger partial charge is 0.254 e. The van der Waals surface area contributed by atoms with Crippen LogP contribution in [0, 0.1) is 6.92 Å². The standard InChI is InChI=1S/C22H26N4O2/c1-3-17-6-7-21-19(13-17)20(12-16(2)24-21)22(27)25-9-5-11-28-18(14-25)15-26-10-4-8-23-26/h4,6-8,10,12-13,18H,3,5,9,11,14-15H2,1-2H3/t18-/m0/s1. The summed E-state index contributed by atoms with van der Waals surface area (Å²) in [5, 5.41) is 5.20. The van der Waals surface area contributed by atoms with Gasteiger partial charge in [0.1, 0.15) is 0 Å². The second kappa shape index (κ2) is 8.10. The molecule has 1 aromatic carbocycles. The summed E-state index contributed by atoms with van der Waals surface area (Å²) >= 11 is 0. The Morgan fingerprint density at radius 1 is 1.32 bits per heavy atom. The summed E-state index contributed by atoms with van der Waals surface area (Å²) in [5.74, 6) is 0.0553. The number of carbonyl (C=O) groups is 1. The molecule has 0 bridgehead atoms. The molecule has 1 atom stereocenters. The SMILES string of the molecule is CCc1ccc2nc(C)cc(C(=O)N3CCCO[C@H](Cn4cccn4)C3)c2c1. The number of carbonyl (C=O) groups excluding carboxylic acids is 1. The van der Waals surface area contributed by atoms with Crippen molar-refractivity contribution in [2.24, 2.45) is 0 Å². The first kappa shape index (κ1) is 18.6. The fourth-order valence-corrected chi connectivity index (χ4v) is 3.78. The Kier molecular flexibility index (Phi) is 5.39. The molecule has 0 unspecified atom stereocenters. The molecule has 1 saturated heterocycles. The van der Waals surface area contributed by atoms with Gasteiger partial charge in [0.25, 0.3) is 5.91 Å². The van der Waals surface area contributed by atoms with Crippen LogP contribution < -0.4 is 0 Å². The number of rotatable bonds is 4. The van der Waals surface area contributed by atoms with Crippen LogP contribution >= 0.6 is 0 Å². The minimum Gasteiger partial charge on any atom is -0.374 e. The van der Waals surface area contributed by atoms with Crippen LogP contribution in [-0.4, -0.2) is 51.4 Å². The molecule has 28 heavy (non-hydrogen) atoms. The lowest BCUT2D eigenvalue weighted by Crippen LogP contribution is -2.38. The van der Waals surface area contributed by atoms with Gasteiger partial charge in [0.05, 0.1) is 23.7 Å². The number of ether oxygens (including phenoxy) is 1. The average Bonchev–Trinajstić information content (AvgIpc) is 3.10. The second-order valence-electron chi connectivity index (χ2n) is 7.34. The predicted octanol–water partition coefficient (Wildman–Crippen LogP) is 3.23. The van der Waals surface area contributed by atoms with E-state index in [1.165, 1.54) is 5.56 Å². The van der Waals surface area contributed by atoms with E-state index in [0.717, 1.165) is 35.0 Å². The largest absolute Gasteiger partial charge is 0.374 e. The van der Waals surface area contributed by atoms with Crippen molar-refractivity contribution in [2.45, 2.75) is 39.3 Å². The molecule has 0 saturated carbocycles. The topological polar surface area (TPSA) is 60.3 Å². The highest BCUT2D eigenvalue weighted by Gasteiger charge is 2.25. The van der Waals surface area contributed by atoms with Gasteiger partial charge in [-0.25, -0.2) is 0 Å². The maximum atomic E-state index is 13.5. The fourth-order valence-electron chi connectivity index (χ4n) is 3.78. The first-order valence-corrected chi connectivity index (χ1v) is 9.92. The van der Waals surface area contributed by atoms with Gasteiger partial charge in [-0.05, 0) is 49.6 Å². The molecule has 0 spiro atoms. The van der Waals surface area contributed by atoms with Gasteiger partial charge in [-0.2, -0.15) is 5.10 Å². The summed E-state index contributed by atoms with van der Waals surface area (Å²) < 4.78 is 7.83. The van der Waals surface area contributed by atoms with E-state index in [9.17, 15) is 4.79 Å². The van der Waals surface area contributed by atoms with E-state index in [1.807, 2.05) is 40.9 Å². The summed E-state index contributed by atoms with van der Waals surface area (Å²) in [6.07, 6.45) is 5.39. The van der Waals surface area contributed by atoms with Crippen molar-refractivity contribution >= 4 is 16.8 Å². The lowest BCUT2D eigenvalue weighted by molar-refractivity contribution is 0.0368. The number of benzene rings is 1. The third-order valence-corrected chi connectivity index (χ3v) is 5.23. The normalized spacial score (nSPS) is 17.6. The van der Waals surface area contributed by atoms with E-state index < -0.39 is 0 Å². The lowest BCUT2D eigenvalue weighted by atomic mass is 10.0. The molecule has 6 nitrogen and oxygen atoms in total. The van der Waals surface area contributed by atoms with Crippen LogP contribution in [-0.2, 0) is 17.7 Å². The molecule has 0 radical (unpaired) electrons. The molecule has 1 aliphatic heterocycles. The van der Waals surface area contributed by atoms with Gasteiger partial charge in [0, 0.05) is 43.2 Å². The third-order valence-electron chi connectivity index (χ3n) is 5.23. The van der Waals surface area contributed by atoms with E-state index in [-0.39, 0.29) is 12.0 Å². The number of pyridine rings is 1. The number of aromatic nitrogens is 3. The van der Waals surface area contributed by atoms with Crippen molar-refractivity contribution in [3.05, 3.63) is 59.5 Å². The Morgan fingerprint density at radius 3 is 3.00 bits per heavy atom. The zero-order valence-corrected chi connectivity index (χ0v) is 16.5. The van der Waals surface area contributed by atoms with Gasteiger partial charge >= 0.3 is 0 Å². The number of hydrogen-bond acceptors (Lipinski definition) is 4. The lowest BCUT2D eigenvalue weighted by Gasteiger charge is -2.25. The molecule has 1 aliphatic rings. The molecule has 0 N–H and O–H groups in total. The quantitative estimate of drug-likeness (QED) is 0.699. The first-order valence-electron chi connectivity index (χ1n) is 9.92. The maximum absolute atomic E-state index is 13.5. The summed E-state index contributed by atoms with van der Waals surface area (Å²) in [5.41, 5.74) is 3.68. The number of amides is 1. The van der Waals surface area contributed by atoms with Gasteiger partial charge in [-0.15, -0.1) is 0 Å². The van der Waals surface area contributed by atoms with Gasteiger partial charge in [0.15, 0.2) is 0 Å². The fraction of sp³-hybridized carbons (Fsp3) is 0.409. The number of hydrogen-bond donors (Lipinski definition) is 0. The van der Waals surface area contributed by atoms with Gasteiger partial charge in [-0.3, -0.25) is 14.5 Å². The minimum absolute atomic E-state index is 0.0553. The van der Waals surface area contributed by atoms with Crippen molar-refractivity contribution < 1.29 is 9.53 Å². The van der Waals surface area contributed by atoms with Crippen molar-refractivity contribution in [3.63, 3.8) is 0 Å². The summed E-state index contributed by atoms with van der Waals surface area (Å²) in [4.78, 5) is 20.0. The van der Waals surface area contributed by atoms with Crippen LogP contribution in [0.2, 0.25) is 0 Å². The third kappa shape index (κ3) is 3.92. The van der Waals surface area contributed by atoms with Crippen molar-refractivity contribution in [1.82, 2.24) is 19.7 Å². The Balaban J connectivity index is 1.63.